The Kier molecular flexibility index (Phi) is 5.53. The van der Waals surface area contributed by atoms with Crippen LogP contribution in [0.2, 0.25) is 5.02 Å². The number of rotatable bonds is 5. The van der Waals surface area contributed by atoms with Crippen LogP contribution in [-0.4, -0.2) is 11.9 Å². The van der Waals surface area contributed by atoms with E-state index in [9.17, 15) is 4.39 Å². The van der Waals surface area contributed by atoms with Gasteiger partial charge in [0.25, 0.3) is 0 Å². The van der Waals surface area contributed by atoms with Crippen LogP contribution in [0.3, 0.4) is 0 Å². The van der Waals surface area contributed by atoms with Crippen LogP contribution in [0, 0.1) is 11.7 Å². The van der Waals surface area contributed by atoms with Gasteiger partial charge in [0, 0.05) is 18.5 Å². The summed E-state index contributed by atoms with van der Waals surface area (Å²) in [6.45, 7) is 5.53. The highest BCUT2D eigenvalue weighted by atomic mass is 35.5. The lowest BCUT2D eigenvalue weighted by Crippen LogP contribution is -2.26. The van der Waals surface area contributed by atoms with Crippen LogP contribution in [-0.2, 0) is 6.54 Å². The summed E-state index contributed by atoms with van der Waals surface area (Å²) in [6, 6.07) is 4.72. The molecule has 0 aliphatic carbocycles. The first-order valence-corrected chi connectivity index (χ1v) is 6.11. The summed E-state index contributed by atoms with van der Waals surface area (Å²) in [7, 11) is 0. The van der Waals surface area contributed by atoms with Gasteiger partial charge in [0.15, 0.2) is 0 Å². The molecule has 1 aromatic rings. The topological polar surface area (TPSA) is 12.0 Å². The van der Waals surface area contributed by atoms with Crippen molar-refractivity contribution in [2.24, 2.45) is 5.92 Å². The standard InChI is InChI=1S/C12H16Cl2FN/c1-8(2)11(14)7-16-6-9-3-4-12(15)10(13)5-9/h3-5,8,11,16H,6-7H2,1-2H3. The van der Waals surface area contributed by atoms with Gasteiger partial charge in [0.1, 0.15) is 5.82 Å². The average Bonchev–Trinajstić information content (AvgIpc) is 2.23. The monoisotopic (exact) mass is 263 g/mol. The van der Waals surface area contributed by atoms with Crippen LogP contribution in [0.25, 0.3) is 0 Å². The maximum Gasteiger partial charge on any atom is 0.141 e. The molecule has 1 unspecified atom stereocenters. The zero-order valence-electron chi connectivity index (χ0n) is 9.43. The van der Waals surface area contributed by atoms with Crippen LogP contribution in [0.1, 0.15) is 19.4 Å². The van der Waals surface area contributed by atoms with E-state index in [4.69, 9.17) is 23.2 Å². The Hall–Kier alpha value is -0.310. The van der Waals surface area contributed by atoms with Crippen molar-refractivity contribution >= 4 is 23.2 Å². The van der Waals surface area contributed by atoms with Crippen LogP contribution < -0.4 is 5.32 Å². The molecule has 0 radical (unpaired) electrons. The highest BCUT2D eigenvalue weighted by Crippen LogP contribution is 2.16. The molecule has 16 heavy (non-hydrogen) atoms. The van der Waals surface area contributed by atoms with Gasteiger partial charge in [-0.25, -0.2) is 4.39 Å². The fourth-order valence-electron chi connectivity index (χ4n) is 1.24. The maximum atomic E-state index is 12.9. The molecule has 0 heterocycles. The zero-order chi connectivity index (χ0) is 12.1. The number of alkyl halides is 1. The number of nitrogens with one attached hydrogen (secondary N) is 1. The lowest BCUT2D eigenvalue weighted by molar-refractivity contribution is 0.545. The lowest BCUT2D eigenvalue weighted by Gasteiger charge is -2.14. The molecular weight excluding hydrogens is 248 g/mol. The molecule has 0 fully saturated rings. The van der Waals surface area contributed by atoms with Gasteiger partial charge in [0.05, 0.1) is 5.02 Å². The molecular formula is C12H16Cl2FN. The van der Waals surface area contributed by atoms with E-state index in [1.807, 2.05) is 0 Å². The summed E-state index contributed by atoms with van der Waals surface area (Å²) >= 11 is 11.8. The molecule has 1 rings (SSSR count). The summed E-state index contributed by atoms with van der Waals surface area (Å²) in [5, 5.41) is 3.48. The van der Waals surface area contributed by atoms with E-state index in [-0.39, 0.29) is 16.2 Å². The molecule has 0 aromatic heterocycles. The number of hydrogen-bond acceptors (Lipinski definition) is 1. The smallest absolute Gasteiger partial charge is 0.141 e. The SMILES string of the molecule is CC(C)C(Cl)CNCc1ccc(F)c(Cl)c1. The molecule has 0 amide bonds. The molecule has 1 N–H and O–H groups in total. The first-order valence-electron chi connectivity index (χ1n) is 5.29. The van der Waals surface area contributed by atoms with Gasteiger partial charge in [-0.05, 0) is 23.6 Å². The van der Waals surface area contributed by atoms with E-state index in [2.05, 4.69) is 19.2 Å². The minimum absolute atomic E-state index is 0.107. The Morgan fingerprint density at radius 3 is 2.62 bits per heavy atom. The van der Waals surface area contributed by atoms with Gasteiger partial charge in [-0.15, -0.1) is 11.6 Å². The molecule has 1 atom stereocenters. The molecule has 0 saturated heterocycles. The maximum absolute atomic E-state index is 12.9. The molecule has 0 aliphatic heterocycles. The molecule has 1 aromatic carbocycles. The third-order valence-corrected chi connectivity index (χ3v) is 3.32. The van der Waals surface area contributed by atoms with Gasteiger partial charge in [-0.3, -0.25) is 0 Å². The van der Waals surface area contributed by atoms with E-state index in [0.717, 1.165) is 12.1 Å². The van der Waals surface area contributed by atoms with E-state index in [0.29, 0.717) is 12.5 Å². The third-order valence-electron chi connectivity index (χ3n) is 2.38. The third kappa shape index (κ3) is 4.28. The van der Waals surface area contributed by atoms with Crippen LogP contribution in [0.4, 0.5) is 4.39 Å². The van der Waals surface area contributed by atoms with Gasteiger partial charge >= 0.3 is 0 Å². The van der Waals surface area contributed by atoms with Crippen molar-refractivity contribution < 1.29 is 4.39 Å². The van der Waals surface area contributed by atoms with Crippen molar-refractivity contribution in [3.05, 3.63) is 34.6 Å². The number of halogens is 3. The number of hydrogen-bond donors (Lipinski definition) is 1. The van der Waals surface area contributed by atoms with Gasteiger partial charge in [-0.2, -0.15) is 0 Å². The Labute approximate surface area is 106 Å². The second-order valence-electron chi connectivity index (χ2n) is 4.14. The van der Waals surface area contributed by atoms with Crippen molar-refractivity contribution in [1.29, 1.82) is 0 Å². The summed E-state index contributed by atoms with van der Waals surface area (Å²) in [5.41, 5.74) is 0.957. The molecule has 0 aliphatic rings. The minimum Gasteiger partial charge on any atom is -0.311 e. The van der Waals surface area contributed by atoms with Crippen molar-refractivity contribution in [3.63, 3.8) is 0 Å². The normalized spacial score (nSPS) is 13.1. The highest BCUT2D eigenvalue weighted by molar-refractivity contribution is 6.30. The van der Waals surface area contributed by atoms with Gasteiger partial charge in [0.2, 0.25) is 0 Å². The fourth-order valence-corrected chi connectivity index (χ4v) is 1.55. The van der Waals surface area contributed by atoms with Crippen molar-refractivity contribution in [2.45, 2.75) is 25.8 Å². The number of benzene rings is 1. The Morgan fingerprint density at radius 1 is 1.38 bits per heavy atom. The quantitative estimate of drug-likeness (QED) is 0.797. The van der Waals surface area contributed by atoms with E-state index in [1.54, 1.807) is 12.1 Å². The van der Waals surface area contributed by atoms with Gasteiger partial charge < -0.3 is 5.32 Å². The van der Waals surface area contributed by atoms with Crippen molar-refractivity contribution in [3.8, 4) is 0 Å². The first-order chi connectivity index (χ1) is 7.50. The van der Waals surface area contributed by atoms with Crippen molar-refractivity contribution in [2.75, 3.05) is 6.54 Å². The highest BCUT2D eigenvalue weighted by Gasteiger charge is 2.08. The Balaban J connectivity index is 2.40. The Bertz CT molecular complexity index is 342. The van der Waals surface area contributed by atoms with E-state index >= 15 is 0 Å². The molecule has 1 nitrogen and oxygen atoms in total. The van der Waals surface area contributed by atoms with E-state index < -0.39 is 0 Å². The van der Waals surface area contributed by atoms with Crippen LogP contribution >= 0.6 is 23.2 Å². The summed E-state index contributed by atoms with van der Waals surface area (Å²) in [5.74, 6) is 0.0498. The molecule has 90 valence electrons. The average molecular weight is 264 g/mol. The molecule has 0 spiro atoms. The second kappa shape index (κ2) is 6.43. The first kappa shape index (κ1) is 13.8. The summed E-state index contributed by atoms with van der Waals surface area (Å²) in [4.78, 5) is 0. The molecule has 0 bridgehead atoms. The van der Waals surface area contributed by atoms with E-state index in [1.165, 1.54) is 6.07 Å². The largest absolute Gasteiger partial charge is 0.311 e. The predicted molar refractivity (Wildman–Crippen MR) is 67.6 cm³/mol. The minimum atomic E-state index is -0.386. The van der Waals surface area contributed by atoms with Crippen molar-refractivity contribution in [1.82, 2.24) is 5.32 Å². The Morgan fingerprint density at radius 2 is 2.06 bits per heavy atom. The fraction of sp³-hybridized carbons (Fsp3) is 0.500. The molecule has 4 heteroatoms. The predicted octanol–water partition coefficient (Wildman–Crippen LogP) is 3.83. The van der Waals surface area contributed by atoms with Gasteiger partial charge in [-0.1, -0.05) is 31.5 Å². The van der Waals surface area contributed by atoms with Crippen LogP contribution in [0.5, 0.6) is 0 Å². The lowest BCUT2D eigenvalue weighted by atomic mass is 10.1. The van der Waals surface area contributed by atoms with Crippen LogP contribution in [0.15, 0.2) is 18.2 Å². The zero-order valence-corrected chi connectivity index (χ0v) is 10.9. The second-order valence-corrected chi connectivity index (χ2v) is 5.11. The summed E-state index contributed by atoms with van der Waals surface area (Å²) < 4.78 is 12.9. The molecule has 0 saturated carbocycles. The summed E-state index contributed by atoms with van der Waals surface area (Å²) in [6.07, 6.45) is 0.